The summed E-state index contributed by atoms with van der Waals surface area (Å²) in [4.78, 5) is 46.6. The molecule has 0 aliphatic rings. The molecular weight excluding hydrogens is 419 g/mol. The fourth-order valence-corrected chi connectivity index (χ4v) is 1.49. The lowest BCUT2D eigenvalue weighted by Crippen LogP contribution is -2.13. The first-order chi connectivity index (χ1) is 13.5. The van der Waals surface area contributed by atoms with Gasteiger partial charge in [0.25, 0.3) is 0 Å². The largest absolute Gasteiger partial charge is 0.557 e. The molecule has 0 N–H and O–H groups in total. The van der Waals surface area contributed by atoms with Crippen LogP contribution in [0.1, 0.15) is 20.8 Å². The number of esters is 3. The number of ether oxygens (including phenoxy) is 3. The third-order valence-electron chi connectivity index (χ3n) is 2.19. The van der Waals surface area contributed by atoms with E-state index in [9.17, 15) is 18.9 Å². The van der Waals surface area contributed by atoms with Crippen molar-refractivity contribution in [1.29, 1.82) is 0 Å². The summed E-state index contributed by atoms with van der Waals surface area (Å²) >= 11 is 0. The summed E-state index contributed by atoms with van der Waals surface area (Å²) in [7, 11) is -4.78. The predicted octanol–water partition coefficient (Wildman–Crippen LogP) is 2.17. The van der Waals surface area contributed by atoms with Crippen LogP contribution in [0.5, 0.6) is 0 Å². The summed E-state index contributed by atoms with van der Waals surface area (Å²) in [5, 5.41) is 0. The van der Waals surface area contributed by atoms with E-state index < -0.39 is 46.1 Å². The van der Waals surface area contributed by atoms with Crippen molar-refractivity contribution in [2.24, 2.45) is 0 Å². The van der Waals surface area contributed by atoms with Crippen LogP contribution in [0.15, 0.2) is 36.5 Å². The Labute approximate surface area is 166 Å². The molecular formula is C15H21O13P. The third kappa shape index (κ3) is 12.6. The Bertz CT molecular complexity index is 593. The third-order valence-corrected chi connectivity index (χ3v) is 3.06. The number of carbonyl (C=O) groups excluding carboxylic acids is 3. The van der Waals surface area contributed by atoms with Gasteiger partial charge in [-0.1, -0.05) is 19.7 Å². The first kappa shape index (κ1) is 26.6. The molecule has 14 heteroatoms. The van der Waals surface area contributed by atoms with Gasteiger partial charge >= 0.3 is 25.7 Å². The van der Waals surface area contributed by atoms with Gasteiger partial charge in [-0.25, -0.2) is 18.9 Å². The average Bonchev–Trinajstić information content (AvgIpc) is 2.65. The van der Waals surface area contributed by atoms with Crippen LogP contribution in [0.3, 0.4) is 0 Å². The molecule has 0 heterocycles. The van der Waals surface area contributed by atoms with Crippen molar-refractivity contribution in [2.75, 3.05) is 20.4 Å². The smallest absolute Gasteiger partial charge is 0.432 e. The fraction of sp³-hybridized carbons (Fsp3) is 0.400. The maximum Gasteiger partial charge on any atom is 0.557 e. The molecule has 13 nitrogen and oxygen atoms in total. The molecule has 0 radical (unpaired) electrons. The molecule has 0 aromatic rings. The molecule has 0 aromatic heterocycles. The van der Waals surface area contributed by atoms with E-state index in [2.05, 4.69) is 62.6 Å². The van der Waals surface area contributed by atoms with Gasteiger partial charge in [0.15, 0.2) is 0 Å². The van der Waals surface area contributed by atoms with Crippen LogP contribution in [-0.2, 0) is 61.8 Å². The van der Waals surface area contributed by atoms with E-state index in [-0.39, 0.29) is 16.7 Å². The van der Waals surface area contributed by atoms with Crippen molar-refractivity contribution in [3.05, 3.63) is 36.5 Å². The van der Waals surface area contributed by atoms with Crippen LogP contribution in [0, 0.1) is 0 Å². The van der Waals surface area contributed by atoms with E-state index in [4.69, 9.17) is 0 Å². The predicted molar refractivity (Wildman–Crippen MR) is 91.4 cm³/mol. The van der Waals surface area contributed by atoms with E-state index in [1.165, 1.54) is 20.8 Å². The summed E-state index contributed by atoms with van der Waals surface area (Å²) in [5.41, 5.74) is 0.193. The molecule has 0 aliphatic heterocycles. The number of phosphoric acid groups is 1. The van der Waals surface area contributed by atoms with Crippen molar-refractivity contribution in [1.82, 2.24) is 0 Å². The van der Waals surface area contributed by atoms with Crippen LogP contribution in [-0.4, -0.2) is 38.3 Å². The van der Waals surface area contributed by atoms with Crippen molar-refractivity contribution in [3.63, 3.8) is 0 Å². The van der Waals surface area contributed by atoms with E-state index in [0.717, 1.165) is 0 Å². The molecule has 0 unspecified atom stereocenters. The van der Waals surface area contributed by atoms with Crippen LogP contribution < -0.4 is 0 Å². The highest BCUT2D eigenvalue weighted by atomic mass is 31.2. The summed E-state index contributed by atoms with van der Waals surface area (Å²) in [6.07, 6.45) is 0. The zero-order valence-corrected chi connectivity index (χ0v) is 16.9. The van der Waals surface area contributed by atoms with Gasteiger partial charge in [-0.2, -0.15) is 14.7 Å². The van der Waals surface area contributed by atoms with Gasteiger partial charge in [0.1, 0.15) is 0 Å². The molecule has 0 fully saturated rings. The normalized spacial score (nSPS) is 10.7. The maximum atomic E-state index is 12.2. The highest BCUT2D eigenvalue weighted by Gasteiger charge is 2.33. The van der Waals surface area contributed by atoms with Gasteiger partial charge in [0.05, 0.1) is 0 Å². The van der Waals surface area contributed by atoms with Crippen molar-refractivity contribution in [2.45, 2.75) is 20.8 Å². The summed E-state index contributed by atoms with van der Waals surface area (Å²) in [5.74, 6) is -2.47. The lowest BCUT2D eigenvalue weighted by molar-refractivity contribution is -0.357. The van der Waals surface area contributed by atoms with Crippen molar-refractivity contribution in [3.8, 4) is 0 Å². The summed E-state index contributed by atoms with van der Waals surface area (Å²) in [6.45, 7) is 11.6. The molecule has 164 valence electrons. The SMILES string of the molecule is C=C(C)C(=O)OCOOP(=O)(OOCOC(=O)C(=C)C)OOCOC(=O)C(=C)C. The Morgan fingerprint density at radius 3 is 1.07 bits per heavy atom. The van der Waals surface area contributed by atoms with Gasteiger partial charge in [-0.15, -0.1) is 14.0 Å². The second-order valence-corrected chi connectivity index (χ2v) is 6.36. The van der Waals surface area contributed by atoms with E-state index in [1.807, 2.05) is 0 Å². The standard InChI is InChI=1S/C15H21O13P/c1-10(2)13(16)20-7-23-26-29(19,27-24-8-21-14(17)11(3)4)28-25-9-22-15(18)12(5)6/h1,3,5,7-9H2,2,4,6H3. The Balaban J connectivity index is 4.56. The summed E-state index contributed by atoms with van der Waals surface area (Å²) in [6, 6.07) is 0. The topological polar surface area (TPSA) is 151 Å². The zero-order valence-electron chi connectivity index (χ0n) is 16.0. The van der Waals surface area contributed by atoms with Gasteiger partial charge < -0.3 is 14.2 Å². The molecule has 0 atom stereocenters. The molecule has 0 rings (SSSR count). The number of rotatable bonds is 15. The van der Waals surface area contributed by atoms with Crippen LogP contribution in [0.4, 0.5) is 0 Å². The first-order valence-electron chi connectivity index (χ1n) is 7.50. The minimum Gasteiger partial charge on any atom is -0.432 e. The lowest BCUT2D eigenvalue weighted by Gasteiger charge is -2.14. The number of hydrogen-bond donors (Lipinski definition) is 0. The highest BCUT2D eigenvalue weighted by molar-refractivity contribution is 7.48. The minimum atomic E-state index is -4.78. The first-order valence-corrected chi connectivity index (χ1v) is 8.96. The summed E-state index contributed by atoms with van der Waals surface area (Å²) < 4.78 is 38.7. The molecule has 0 aromatic carbocycles. The van der Waals surface area contributed by atoms with Gasteiger partial charge in [-0.3, -0.25) is 0 Å². The van der Waals surface area contributed by atoms with Crippen molar-refractivity contribution < 1.29 is 61.8 Å². The van der Waals surface area contributed by atoms with E-state index >= 15 is 0 Å². The lowest BCUT2D eigenvalue weighted by atomic mass is 10.4. The molecule has 0 spiro atoms. The monoisotopic (exact) mass is 440 g/mol. The van der Waals surface area contributed by atoms with Crippen LogP contribution >= 0.6 is 7.82 Å². The minimum absolute atomic E-state index is 0.0644. The molecule has 0 saturated heterocycles. The van der Waals surface area contributed by atoms with Gasteiger partial charge in [0.2, 0.25) is 20.4 Å². The quantitative estimate of drug-likeness (QED) is 0.0535. The van der Waals surface area contributed by atoms with E-state index in [1.54, 1.807) is 0 Å². The molecule has 0 saturated carbocycles. The van der Waals surface area contributed by atoms with Gasteiger partial charge in [-0.05, 0) is 20.8 Å². The molecule has 29 heavy (non-hydrogen) atoms. The van der Waals surface area contributed by atoms with Crippen LogP contribution in [0.2, 0.25) is 0 Å². The van der Waals surface area contributed by atoms with Crippen molar-refractivity contribution >= 4 is 25.7 Å². The van der Waals surface area contributed by atoms with E-state index in [0.29, 0.717) is 0 Å². The van der Waals surface area contributed by atoms with Gasteiger partial charge in [0, 0.05) is 16.7 Å². The molecule has 0 amide bonds. The van der Waals surface area contributed by atoms with Crippen LogP contribution in [0.25, 0.3) is 0 Å². The Morgan fingerprint density at radius 1 is 0.621 bits per heavy atom. The Morgan fingerprint density at radius 2 is 0.862 bits per heavy atom. The number of carbonyl (C=O) groups is 3. The molecule has 0 bridgehead atoms. The molecule has 0 aliphatic carbocycles. The Kier molecular flexibility index (Phi) is 12.6. The maximum absolute atomic E-state index is 12.2. The zero-order chi connectivity index (χ0) is 22.4. The Hall–Kier alpha value is -2.38. The highest BCUT2D eigenvalue weighted by Crippen LogP contribution is 2.50. The number of hydrogen-bond acceptors (Lipinski definition) is 13. The average molecular weight is 440 g/mol. The second kappa shape index (κ2) is 13.7. The fourth-order valence-electron chi connectivity index (χ4n) is 0.898. The second-order valence-electron chi connectivity index (χ2n) is 5.01.